The highest BCUT2D eigenvalue weighted by Crippen LogP contribution is 2.32. The van der Waals surface area contributed by atoms with Crippen molar-refractivity contribution in [3.63, 3.8) is 0 Å². The quantitative estimate of drug-likeness (QED) is 0.758. The van der Waals surface area contributed by atoms with E-state index < -0.39 is 16.1 Å². The maximum absolute atomic E-state index is 13.0. The van der Waals surface area contributed by atoms with Gasteiger partial charge in [-0.05, 0) is 68.7 Å². The molecule has 7 nitrogen and oxygen atoms in total. The van der Waals surface area contributed by atoms with Crippen LogP contribution in [0, 0.1) is 13.8 Å². The minimum Gasteiger partial charge on any atom is -0.486 e. The molecule has 0 aromatic heterocycles. The first kappa shape index (κ1) is 22.0. The Morgan fingerprint density at radius 3 is 2.20 bits per heavy atom. The summed E-state index contributed by atoms with van der Waals surface area (Å²) in [5.41, 5.74) is 3.17. The van der Waals surface area contributed by atoms with Crippen molar-refractivity contribution in [3.05, 3.63) is 53.1 Å². The van der Waals surface area contributed by atoms with Crippen molar-refractivity contribution >= 4 is 21.6 Å². The summed E-state index contributed by atoms with van der Waals surface area (Å²) in [5.74, 6) is 0.929. The number of carbonyl (C=O) groups excluding carboxylic acids is 1. The van der Waals surface area contributed by atoms with E-state index in [9.17, 15) is 13.2 Å². The van der Waals surface area contributed by atoms with Gasteiger partial charge in [-0.25, -0.2) is 8.42 Å². The Morgan fingerprint density at radius 2 is 1.60 bits per heavy atom. The van der Waals surface area contributed by atoms with E-state index in [2.05, 4.69) is 5.32 Å². The van der Waals surface area contributed by atoms with Gasteiger partial charge in [0.05, 0.1) is 18.0 Å². The first-order valence-corrected chi connectivity index (χ1v) is 11.7. The number of hydrogen-bond donors (Lipinski definition) is 1. The first-order chi connectivity index (χ1) is 14.1. The highest BCUT2D eigenvalue weighted by molar-refractivity contribution is 7.92. The van der Waals surface area contributed by atoms with Crippen LogP contribution < -0.4 is 19.1 Å². The molecule has 0 radical (unpaired) electrons. The molecule has 8 heteroatoms. The molecule has 0 aliphatic carbocycles. The highest BCUT2D eigenvalue weighted by Gasteiger charge is 2.30. The minimum atomic E-state index is -3.67. The average molecular weight is 433 g/mol. The molecule has 3 rings (SSSR count). The molecule has 1 N–H and O–H groups in total. The predicted molar refractivity (Wildman–Crippen MR) is 117 cm³/mol. The number of rotatable bonds is 6. The Kier molecular flexibility index (Phi) is 6.26. The van der Waals surface area contributed by atoms with E-state index in [-0.39, 0.29) is 11.9 Å². The number of sulfonamides is 1. The lowest BCUT2D eigenvalue weighted by atomic mass is 10.1. The summed E-state index contributed by atoms with van der Waals surface area (Å²) in [4.78, 5) is 13.0. The van der Waals surface area contributed by atoms with Crippen molar-refractivity contribution in [3.8, 4) is 11.5 Å². The highest BCUT2D eigenvalue weighted by atomic mass is 32.2. The second-order valence-corrected chi connectivity index (χ2v) is 9.57. The van der Waals surface area contributed by atoms with Crippen LogP contribution in [-0.2, 0) is 14.8 Å². The molecule has 2 aromatic carbocycles. The van der Waals surface area contributed by atoms with E-state index in [0.717, 1.165) is 22.9 Å². The molecule has 1 heterocycles. The second-order valence-electron chi connectivity index (χ2n) is 7.71. The molecule has 0 fully saturated rings. The number of benzene rings is 2. The predicted octanol–water partition coefficient (Wildman–Crippen LogP) is 3.11. The van der Waals surface area contributed by atoms with Crippen molar-refractivity contribution in [1.82, 2.24) is 5.32 Å². The molecule has 0 saturated carbocycles. The summed E-state index contributed by atoms with van der Waals surface area (Å²) in [5, 5.41) is 2.91. The molecule has 0 unspecified atom stereocenters. The number of hydrogen-bond acceptors (Lipinski definition) is 5. The fraction of sp³-hybridized carbons (Fsp3) is 0.409. The van der Waals surface area contributed by atoms with Gasteiger partial charge in [-0.2, -0.15) is 0 Å². The third-order valence-corrected chi connectivity index (χ3v) is 6.22. The van der Waals surface area contributed by atoms with Crippen molar-refractivity contribution < 1.29 is 22.7 Å². The Morgan fingerprint density at radius 1 is 1.00 bits per heavy atom. The molecular weight excluding hydrogens is 404 g/mol. The van der Waals surface area contributed by atoms with E-state index in [1.165, 1.54) is 4.31 Å². The fourth-order valence-electron chi connectivity index (χ4n) is 3.63. The van der Waals surface area contributed by atoms with Crippen LogP contribution in [0.5, 0.6) is 11.5 Å². The maximum Gasteiger partial charge on any atom is 0.244 e. The number of fused-ring (bicyclic) bond motifs is 1. The maximum atomic E-state index is 13.0. The number of ether oxygens (including phenoxy) is 2. The summed E-state index contributed by atoms with van der Waals surface area (Å²) < 4.78 is 37.4. The Bertz CT molecular complexity index is 1030. The normalized spacial score (nSPS) is 15.2. The topological polar surface area (TPSA) is 84.9 Å². The molecule has 1 aliphatic rings. The van der Waals surface area contributed by atoms with E-state index >= 15 is 0 Å². The van der Waals surface area contributed by atoms with Crippen LogP contribution in [0.3, 0.4) is 0 Å². The lowest BCUT2D eigenvalue weighted by molar-refractivity contribution is -0.122. The molecule has 0 spiro atoms. The number of nitrogens with one attached hydrogen (secondary N) is 1. The van der Waals surface area contributed by atoms with Crippen molar-refractivity contribution in [1.29, 1.82) is 0 Å². The molecule has 0 saturated heterocycles. The number of aryl methyl sites for hydroxylation is 2. The van der Waals surface area contributed by atoms with Gasteiger partial charge in [0, 0.05) is 0 Å². The zero-order valence-electron chi connectivity index (χ0n) is 17.9. The first-order valence-electron chi connectivity index (χ1n) is 9.84. The van der Waals surface area contributed by atoms with Gasteiger partial charge in [0.25, 0.3) is 0 Å². The molecule has 1 aliphatic heterocycles. The summed E-state index contributed by atoms with van der Waals surface area (Å²) >= 11 is 0. The van der Waals surface area contributed by atoms with Crippen molar-refractivity contribution in [2.24, 2.45) is 0 Å². The van der Waals surface area contributed by atoms with Crippen LogP contribution in [0.1, 0.15) is 36.6 Å². The van der Waals surface area contributed by atoms with Gasteiger partial charge in [-0.15, -0.1) is 0 Å². The van der Waals surface area contributed by atoms with Gasteiger partial charge in [0.15, 0.2) is 11.5 Å². The van der Waals surface area contributed by atoms with E-state index in [0.29, 0.717) is 30.4 Å². The molecule has 162 valence electrons. The van der Waals surface area contributed by atoms with Crippen LogP contribution in [0.4, 0.5) is 5.69 Å². The summed E-state index contributed by atoms with van der Waals surface area (Å²) in [7, 11) is -3.67. The summed E-state index contributed by atoms with van der Waals surface area (Å²) in [6.07, 6.45) is 1.11. The van der Waals surface area contributed by atoms with Gasteiger partial charge in [-0.1, -0.05) is 12.1 Å². The zero-order chi connectivity index (χ0) is 22.1. The molecule has 2 aromatic rings. The summed E-state index contributed by atoms with van der Waals surface area (Å²) in [6.45, 7) is 8.21. The van der Waals surface area contributed by atoms with E-state index in [1.807, 2.05) is 45.0 Å². The van der Waals surface area contributed by atoms with Crippen LogP contribution >= 0.6 is 0 Å². The largest absolute Gasteiger partial charge is 0.486 e. The zero-order valence-corrected chi connectivity index (χ0v) is 18.7. The number of carbonyl (C=O) groups is 1. The molecular formula is C22H28N2O5S. The molecule has 2 atom stereocenters. The molecule has 0 bridgehead atoms. The lowest BCUT2D eigenvalue weighted by Crippen LogP contribution is -2.48. The van der Waals surface area contributed by atoms with Gasteiger partial charge < -0.3 is 14.8 Å². The summed E-state index contributed by atoms with van der Waals surface area (Å²) in [6, 6.07) is 9.75. The molecule has 30 heavy (non-hydrogen) atoms. The Balaban J connectivity index is 1.81. The van der Waals surface area contributed by atoms with Gasteiger partial charge in [0.1, 0.15) is 19.3 Å². The lowest BCUT2D eigenvalue weighted by Gasteiger charge is -2.30. The molecule has 1 amide bonds. The van der Waals surface area contributed by atoms with Crippen molar-refractivity contribution in [2.75, 3.05) is 23.8 Å². The van der Waals surface area contributed by atoms with Gasteiger partial charge in [-0.3, -0.25) is 9.10 Å². The van der Waals surface area contributed by atoms with E-state index in [1.54, 1.807) is 19.1 Å². The number of amides is 1. The third kappa shape index (κ3) is 4.87. The fourth-order valence-corrected chi connectivity index (χ4v) is 4.79. The minimum absolute atomic E-state index is 0.337. The average Bonchev–Trinajstić information content (AvgIpc) is 2.65. The Hall–Kier alpha value is -2.74. The number of nitrogens with zero attached hydrogens (tertiary/aromatic N) is 1. The van der Waals surface area contributed by atoms with Crippen LogP contribution in [-0.4, -0.2) is 39.8 Å². The van der Waals surface area contributed by atoms with Crippen molar-refractivity contribution in [2.45, 2.75) is 39.8 Å². The van der Waals surface area contributed by atoms with E-state index in [4.69, 9.17) is 9.47 Å². The van der Waals surface area contributed by atoms with Gasteiger partial charge >= 0.3 is 0 Å². The van der Waals surface area contributed by atoms with Crippen LogP contribution in [0.25, 0.3) is 0 Å². The smallest absolute Gasteiger partial charge is 0.244 e. The van der Waals surface area contributed by atoms with Gasteiger partial charge in [0.2, 0.25) is 15.9 Å². The Labute approximate surface area is 178 Å². The monoisotopic (exact) mass is 432 g/mol. The second kappa shape index (κ2) is 8.55. The van der Waals surface area contributed by atoms with Crippen LogP contribution in [0.15, 0.2) is 36.4 Å². The van der Waals surface area contributed by atoms with Crippen LogP contribution in [0.2, 0.25) is 0 Å². The number of anilines is 1. The third-order valence-electron chi connectivity index (χ3n) is 4.97. The SMILES string of the molecule is Cc1cc(C)cc(N([C@H](C)C(=O)N[C@@H](C)c2ccc3c(c2)OCCO3)S(C)(=O)=O)c1. The standard InChI is InChI=1S/C22H28N2O5S/c1-14-10-15(2)12-19(11-14)24(30(5,26)27)17(4)22(25)23-16(3)18-6-7-20-21(13-18)29-9-8-28-20/h6-7,10-13,16-17H,8-9H2,1-5H3,(H,23,25)/t16-,17+/m0/s1.